The van der Waals surface area contributed by atoms with Gasteiger partial charge in [0.1, 0.15) is 5.69 Å². The second kappa shape index (κ2) is 8.10. The van der Waals surface area contributed by atoms with Gasteiger partial charge in [0.2, 0.25) is 5.91 Å². The summed E-state index contributed by atoms with van der Waals surface area (Å²) in [5.41, 5.74) is 2.01. The number of carbonyl (C=O) groups excluding carboxylic acids is 1. The number of amides is 1. The monoisotopic (exact) mass is 347 g/mol. The molecule has 0 N–H and O–H groups in total. The van der Waals surface area contributed by atoms with Gasteiger partial charge in [-0.05, 0) is 32.9 Å². The number of allylic oxidation sites excluding steroid dienone is 2. The third-order valence-electron chi connectivity index (χ3n) is 5.02. The van der Waals surface area contributed by atoms with Gasteiger partial charge >= 0.3 is 0 Å². The van der Waals surface area contributed by atoms with Gasteiger partial charge in [0.15, 0.2) is 0 Å². The van der Waals surface area contributed by atoms with E-state index >= 15 is 0 Å². The Morgan fingerprint density at radius 1 is 1.44 bits per heavy atom. The number of rotatable bonds is 7. The van der Waals surface area contributed by atoms with Crippen LogP contribution in [0.5, 0.6) is 0 Å². The first-order chi connectivity index (χ1) is 12.0. The van der Waals surface area contributed by atoms with Crippen LogP contribution in [0, 0.1) is 5.92 Å². The first-order valence-corrected chi connectivity index (χ1v) is 9.10. The van der Waals surface area contributed by atoms with E-state index in [2.05, 4.69) is 27.4 Å². The molecule has 0 aromatic carbocycles. The lowest BCUT2D eigenvalue weighted by molar-refractivity contribution is -0.133. The molecule has 0 saturated carbocycles. The van der Waals surface area contributed by atoms with Gasteiger partial charge in [-0.1, -0.05) is 17.4 Å². The summed E-state index contributed by atoms with van der Waals surface area (Å²) in [6.07, 6.45) is 7.13. The summed E-state index contributed by atoms with van der Waals surface area (Å²) in [7, 11) is 5.98. The minimum absolute atomic E-state index is 0.133. The standard InChI is InChI=1S/C18H29N5O2/c1-21(2)8-9-25-13-15-11-23(12-16-18(15)22(3)20-19-16)17(24)10-14-6-4-5-7-14/h4,6,14-15H,5,7-13H2,1-3H3. The van der Waals surface area contributed by atoms with E-state index in [0.29, 0.717) is 38.6 Å². The Morgan fingerprint density at radius 3 is 3.00 bits per heavy atom. The minimum atomic E-state index is 0.133. The Kier molecular flexibility index (Phi) is 5.86. The molecule has 7 heteroatoms. The van der Waals surface area contributed by atoms with Crippen LogP contribution in [0.4, 0.5) is 0 Å². The average Bonchev–Trinajstić information content (AvgIpc) is 3.21. The molecule has 2 unspecified atom stereocenters. The summed E-state index contributed by atoms with van der Waals surface area (Å²) in [6.45, 7) is 3.41. The van der Waals surface area contributed by atoms with E-state index in [9.17, 15) is 4.79 Å². The number of likely N-dealkylation sites (N-methyl/N-ethyl adjacent to an activating group) is 1. The van der Waals surface area contributed by atoms with Crippen molar-refractivity contribution in [1.29, 1.82) is 0 Å². The van der Waals surface area contributed by atoms with E-state index < -0.39 is 0 Å². The van der Waals surface area contributed by atoms with Crippen molar-refractivity contribution >= 4 is 5.91 Å². The van der Waals surface area contributed by atoms with Crippen LogP contribution >= 0.6 is 0 Å². The summed E-state index contributed by atoms with van der Waals surface area (Å²) < 4.78 is 7.70. The molecule has 7 nitrogen and oxygen atoms in total. The topological polar surface area (TPSA) is 63.5 Å². The van der Waals surface area contributed by atoms with Crippen molar-refractivity contribution in [3.05, 3.63) is 23.5 Å². The molecule has 3 rings (SSSR count). The van der Waals surface area contributed by atoms with Crippen molar-refractivity contribution in [2.45, 2.75) is 31.7 Å². The molecule has 0 radical (unpaired) electrons. The normalized spacial score (nSPS) is 22.6. The number of aromatic nitrogens is 3. The molecule has 1 aromatic heterocycles. The Morgan fingerprint density at radius 2 is 2.28 bits per heavy atom. The van der Waals surface area contributed by atoms with Crippen LogP contribution in [0.3, 0.4) is 0 Å². The summed E-state index contributed by atoms with van der Waals surface area (Å²) >= 11 is 0. The fourth-order valence-corrected chi connectivity index (χ4v) is 3.63. The van der Waals surface area contributed by atoms with Gasteiger partial charge in [0, 0.05) is 32.5 Å². The van der Waals surface area contributed by atoms with Crippen LogP contribution in [0.25, 0.3) is 0 Å². The van der Waals surface area contributed by atoms with E-state index in [-0.39, 0.29) is 11.8 Å². The number of hydrogen-bond donors (Lipinski definition) is 0. The predicted molar refractivity (Wildman–Crippen MR) is 95.0 cm³/mol. The molecule has 2 aliphatic rings. The fraction of sp³-hybridized carbons (Fsp3) is 0.722. The molecule has 25 heavy (non-hydrogen) atoms. The van der Waals surface area contributed by atoms with Crippen LogP contribution in [-0.2, 0) is 23.1 Å². The maximum atomic E-state index is 12.7. The highest BCUT2D eigenvalue weighted by atomic mass is 16.5. The van der Waals surface area contributed by atoms with Crippen molar-refractivity contribution in [2.75, 3.05) is 40.4 Å². The average molecular weight is 347 g/mol. The van der Waals surface area contributed by atoms with Gasteiger partial charge in [-0.2, -0.15) is 0 Å². The molecule has 1 aliphatic carbocycles. The van der Waals surface area contributed by atoms with Crippen LogP contribution in [-0.4, -0.2) is 71.1 Å². The molecule has 1 aliphatic heterocycles. The molecule has 1 amide bonds. The maximum absolute atomic E-state index is 12.7. The molecule has 138 valence electrons. The second-order valence-electron chi connectivity index (χ2n) is 7.36. The van der Waals surface area contributed by atoms with Crippen molar-refractivity contribution in [3.63, 3.8) is 0 Å². The Bertz CT molecular complexity index is 625. The second-order valence-corrected chi connectivity index (χ2v) is 7.36. The molecule has 0 fully saturated rings. The van der Waals surface area contributed by atoms with E-state index in [4.69, 9.17) is 4.74 Å². The quantitative estimate of drug-likeness (QED) is 0.547. The van der Waals surface area contributed by atoms with E-state index in [1.54, 1.807) is 0 Å². The van der Waals surface area contributed by atoms with Crippen LogP contribution < -0.4 is 0 Å². The van der Waals surface area contributed by atoms with Crippen LogP contribution in [0.1, 0.15) is 36.6 Å². The number of fused-ring (bicyclic) bond motifs is 1. The van der Waals surface area contributed by atoms with E-state index in [0.717, 1.165) is 30.8 Å². The highest BCUT2D eigenvalue weighted by Gasteiger charge is 2.33. The van der Waals surface area contributed by atoms with Gasteiger partial charge in [0.05, 0.1) is 25.5 Å². The van der Waals surface area contributed by atoms with E-state index in [1.165, 1.54) is 0 Å². The summed E-state index contributed by atoms with van der Waals surface area (Å²) in [6, 6.07) is 0. The molecule has 0 spiro atoms. The highest BCUT2D eigenvalue weighted by Crippen LogP contribution is 2.29. The zero-order chi connectivity index (χ0) is 17.8. The van der Waals surface area contributed by atoms with Crippen molar-refractivity contribution in [3.8, 4) is 0 Å². The minimum Gasteiger partial charge on any atom is -0.379 e. The highest BCUT2D eigenvalue weighted by molar-refractivity contribution is 5.77. The number of aryl methyl sites for hydroxylation is 1. The Balaban J connectivity index is 1.63. The molecule has 0 saturated heterocycles. The summed E-state index contributed by atoms with van der Waals surface area (Å²) in [5, 5.41) is 8.42. The van der Waals surface area contributed by atoms with Crippen molar-refractivity contribution in [2.24, 2.45) is 13.0 Å². The zero-order valence-corrected chi connectivity index (χ0v) is 15.5. The molecular weight excluding hydrogens is 318 g/mol. The van der Waals surface area contributed by atoms with E-state index in [1.807, 2.05) is 30.7 Å². The lowest BCUT2D eigenvalue weighted by atomic mass is 9.97. The lowest BCUT2D eigenvalue weighted by Crippen LogP contribution is -2.40. The van der Waals surface area contributed by atoms with Gasteiger partial charge in [0.25, 0.3) is 0 Å². The Labute approximate surface area is 149 Å². The number of ether oxygens (including phenoxy) is 1. The third-order valence-corrected chi connectivity index (χ3v) is 5.02. The van der Waals surface area contributed by atoms with Gasteiger partial charge < -0.3 is 14.5 Å². The summed E-state index contributed by atoms with van der Waals surface area (Å²) in [4.78, 5) is 16.8. The van der Waals surface area contributed by atoms with Gasteiger partial charge in [-0.25, -0.2) is 0 Å². The number of nitrogens with zero attached hydrogens (tertiary/aromatic N) is 5. The van der Waals surface area contributed by atoms with Crippen LogP contribution in [0.15, 0.2) is 12.2 Å². The van der Waals surface area contributed by atoms with Crippen LogP contribution in [0.2, 0.25) is 0 Å². The fourth-order valence-electron chi connectivity index (χ4n) is 3.63. The van der Waals surface area contributed by atoms with Crippen molar-refractivity contribution < 1.29 is 9.53 Å². The lowest BCUT2D eigenvalue weighted by Gasteiger charge is -2.32. The van der Waals surface area contributed by atoms with Gasteiger partial charge in [-0.15, -0.1) is 5.10 Å². The zero-order valence-electron chi connectivity index (χ0n) is 15.5. The Hall–Kier alpha value is -1.73. The SMILES string of the molecule is CN(C)CCOCC1CN(C(=O)CC2C=CCC2)Cc2nnn(C)c21. The molecule has 1 aromatic rings. The van der Waals surface area contributed by atoms with Gasteiger partial charge in [-0.3, -0.25) is 9.48 Å². The number of carbonyl (C=O) groups is 1. The number of hydrogen-bond acceptors (Lipinski definition) is 5. The third kappa shape index (κ3) is 4.46. The first-order valence-electron chi connectivity index (χ1n) is 9.10. The largest absolute Gasteiger partial charge is 0.379 e. The molecular formula is C18H29N5O2. The smallest absolute Gasteiger partial charge is 0.223 e. The molecule has 2 atom stereocenters. The molecule has 0 bridgehead atoms. The predicted octanol–water partition coefficient (Wildman–Crippen LogP) is 1.18. The first kappa shape index (κ1) is 18.1. The molecule has 2 heterocycles. The summed E-state index contributed by atoms with van der Waals surface area (Å²) in [5.74, 6) is 0.741. The maximum Gasteiger partial charge on any atom is 0.223 e. The van der Waals surface area contributed by atoms with Crippen molar-refractivity contribution in [1.82, 2.24) is 24.8 Å².